The van der Waals surface area contributed by atoms with Gasteiger partial charge in [-0.1, -0.05) is 12.7 Å². The van der Waals surface area contributed by atoms with Gasteiger partial charge >= 0.3 is 0 Å². The van der Waals surface area contributed by atoms with E-state index in [1.54, 1.807) is 30.6 Å². The van der Waals surface area contributed by atoms with Crippen LogP contribution in [0.4, 0.5) is 0 Å². The molecule has 0 amide bonds. The van der Waals surface area contributed by atoms with E-state index in [9.17, 15) is 0 Å². The molecule has 0 bridgehead atoms. The first-order valence-corrected chi connectivity index (χ1v) is 6.86. The molecule has 2 heterocycles. The number of hydrogen-bond donors (Lipinski definition) is 1. The maximum absolute atomic E-state index is 8.61. The number of imidazole rings is 1. The van der Waals surface area contributed by atoms with E-state index >= 15 is 0 Å². The van der Waals surface area contributed by atoms with Gasteiger partial charge in [0.25, 0.3) is 0 Å². The SMILES string of the molecule is C=CCOc1cc(OCC#N)ccc1-c1nc2cnncc2[nH]1. The third kappa shape index (κ3) is 3.11. The predicted octanol–water partition coefficient (Wildman–Crippen LogP) is 2.49. The number of nitriles is 1. The maximum atomic E-state index is 8.61. The summed E-state index contributed by atoms with van der Waals surface area (Å²) in [5, 5.41) is 16.2. The van der Waals surface area contributed by atoms with Crippen LogP contribution in [0, 0.1) is 11.3 Å². The lowest BCUT2D eigenvalue weighted by molar-refractivity contribution is 0.348. The fraction of sp³-hybridized carbons (Fsp3) is 0.125. The molecule has 0 atom stereocenters. The lowest BCUT2D eigenvalue weighted by Crippen LogP contribution is -1.98. The predicted molar refractivity (Wildman–Crippen MR) is 83.9 cm³/mol. The van der Waals surface area contributed by atoms with E-state index in [0.29, 0.717) is 23.9 Å². The monoisotopic (exact) mass is 307 g/mol. The molecule has 0 radical (unpaired) electrons. The van der Waals surface area contributed by atoms with Crippen LogP contribution in [0.3, 0.4) is 0 Å². The zero-order valence-corrected chi connectivity index (χ0v) is 12.2. The average Bonchev–Trinajstić information content (AvgIpc) is 3.02. The molecule has 1 N–H and O–H groups in total. The number of fused-ring (bicyclic) bond motifs is 1. The van der Waals surface area contributed by atoms with Crippen molar-refractivity contribution in [2.75, 3.05) is 13.2 Å². The summed E-state index contributed by atoms with van der Waals surface area (Å²) in [7, 11) is 0. The molecule has 3 rings (SSSR count). The van der Waals surface area contributed by atoms with Crippen LogP contribution in [0.15, 0.2) is 43.2 Å². The fourth-order valence-corrected chi connectivity index (χ4v) is 2.08. The summed E-state index contributed by atoms with van der Waals surface area (Å²) < 4.78 is 11.0. The Balaban J connectivity index is 2.02. The van der Waals surface area contributed by atoms with Crippen molar-refractivity contribution in [3.05, 3.63) is 43.2 Å². The molecule has 23 heavy (non-hydrogen) atoms. The van der Waals surface area contributed by atoms with Gasteiger partial charge in [0.15, 0.2) is 6.61 Å². The van der Waals surface area contributed by atoms with Gasteiger partial charge in [0, 0.05) is 6.07 Å². The molecule has 114 valence electrons. The Morgan fingerprint density at radius 2 is 2.13 bits per heavy atom. The standard InChI is InChI=1S/C16H13N5O2/c1-2-6-23-15-8-11(22-7-5-17)3-4-12(15)16-20-13-9-18-19-10-14(13)21-16/h2-4,8-10H,1,6-7H2,(H,20,21). The Labute approximate surface area is 132 Å². The van der Waals surface area contributed by atoms with Crippen molar-refractivity contribution >= 4 is 11.0 Å². The van der Waals surface area contributed by atoms with Gasteiger partial charge in [0.05, 0.1) is 23.5 Å². The normalized spacial score (nSPS) is 10.2. The molecule has 2 aromatic heterocycles. The number of benzene rings is 1. The number of H-pyrrole nitrogens is 1. The number of rotatable bonds is 6. The highest BCUT2D eigenvalue weighted by atomic mass is 16.5. The second kappa shape index (κ2) is 6.58. The topological polar surface area (TPSA) is 96.7 Å². The maximum Gasteiger partial charge on any atom is 0.174 e. The average molecular weight is 307 g/mol. The van der Waals surface area contributed by atoms with E-state index in [2.05, 4.69) is 26.7 Å². The quantitative estimate of drug-likeness (QED) is 0.703. The van der Waals surface area contributed by atoms with Crippen molar-refractivity contribution < 1.29 is 9.47 Å². The van der Waals surface area contributed by atoms with Gasteiger partial charge in [0.2, 0.25) is 0 Å². The summed E-state index contributed by atoms with van der Waals surface area (Å²) >= 11 is 0. The zero-order chi connectivity index (χ0) is 16.1. The van der Waals surface area contributed by atoms with Crippen LogP contribution in [0.5, 0.6) is 11.5 Å². The van der Waals surface area contributed by atoms with Gasteiger partial charge in [0.1, 0.15) is 35.5 Å². The molecule has 0 unspecified atom stereocenters. The lowest BCUT2D eigenvalue weighted by Gasteiger charge is -2.10. The highest BCUT2D eigenvalue weighted by molar-refractivity contribution is 5.79. The van der Waals surface area contributed by atoms with Crippen LogP contribution in [-0.2, 0) is 0 Å². The largest absolute Gasteiger partial charge is 0.489 e. The molecule has 0 saturated carbocycles. The fourth-order valence-electron chi connectivity index (χ4n) is 2.08. The Hall–Kier alpha value is -3.40. The molecule has 7 nitrogen and oxygen atoms in total. The van der Waals surface area contributed by atoms with Gasteiger partial charge < -0.3 is 14.5 Å². The molecule has 0 saturated heterocycles. The second-order valence-corrected chi connectivity index (χ2v) is 4.58. The van der Waals surface area contributed by atoms with Gasteiger partial charge in [-0.3, -0.25) is 0 Å². The van der Waals surface area contributed by atoms with Crippen LogP contribution in [0.25, 0.3) is 22.4 Å². The smallest absolute Gasteiger partial charge is 0.174 e. The number of hydrogen-bond acceptors (Lipinski definition) is 6. The van der Waals surface area contributed by atoms with E-state index < -0.39 is 0 Å². The molecule has 0 spiro atoms. The third-order valence-corrected chi connectivity index (χ3v) is 3.06. The summed E-state index contributed by atoms with van der Waals surface area (Å²) in [6, 6.07) is 7.24. The van der Waals surface area contributed by atoms with Crippen LogP contribution >= 0.6 is 0 Å². The van der Waals surface area contributed by atoms with Crippen molar-refractivity contribution in [3.8, 4) is 29.0 Å². The Morgan fingerprint density at radius 3 is 2.91 bits per heavy atom. The minimum absolute atomic E-state index is 0.0256. The van der Waals surface area contributed by atoms with Gasteiger partial charge in [-0.05, 0) is 12.1 Å². The molecule has 0 fully saturated rings. The molecular weight excluding hydrogens is 294 g/mol. The van der Waals surface area contributed by atoms with Crippen molar-refractivity contribution in [3.63, 3.8) is 0 Å². The van der Waals surface area contributed by atoms with Gasteiger partial charge in [-0.15, -0.1) is 0 Å². The number of aromatic amines is 1. The van der Waals surface area contributed by atoms with Crippen molar-refractivity contribution in [2.24, 2.45) is 0 Å². The number of nitrogens with one attached hydrogen (secondary N) is 1. The molecular formula is C16H13N5O2. The zero-order valence-electron chi connectivity index (χ0n) is 12.2. The first-order valence-electron chi connectivity index (χ1n) is 6.86. The number of aromatic nitrogens is 4. The van der Waals surface area contributed by atoms with Crippen LogP contribution in [-0.4, -0.2) is 33.4 Å². The number of ether oxygens (including phenoxy) is 2. The van der Waals surface area contributed by atoms with Gasteiger partial charge in [-0.2, -0.15) is 15.5 Å². The van der Waals surface area contributed by atoms with Crippen molar-refractivity contribution in [1.82, 2.24) is 20.2 Å². The van der Waals surface area contributed by atoms with E-state index in [4.69, 9.17) is 14.7 Å². The molecule has 0 aliphatic rings. The van der Waals surface area contributed by atoms with Crippen LogP contribution in [0.1, 0.15) is 0 Å². The van der Waals surface area contributed by atoms with E-state index in [0.717, 1.165) is 16.6 Å². The summed E-state index contributed by atoms with van der Waals surface area (Å²) in [6.07, 6.45) is 4.85. The Kier molecular flexibility index (Phi) is 4.16. The molecule has 1 aromatic carbocycles. The summed E-state index contributed by atoms with van der Waals surface area (Å²) in [6.45, 7) is 3.97. The highest BCUT2D eigenvalue weighted by Crippen LogP contribution is 2.33. The van der Waals surface area contributed by atoms with Crippen molar-refractivity contribution in [2.45, 2.75) is 0 Å². The van der Waals surface area contributed by atoms with Crippen LogP contribution < -0.4 is 9.47 Å². The molecule has 0 aliphatic carbocycles. The minimum atomic E-state index is -0.0256. The number of nitrogens with zero attached hydrogens (tertiary/aromatic N) is 4. The Bertz CT molecular complexity index is 849. The van der Waals surface area contributed by atoms with E-state index in [-0.39, 0.29) is 6.61 Å². The highest BCUT2D eigenvalue weighted by Gasteiger charge is 2.13. The summed E-state index contributed by atoms with van der Waals surface area (Å²) in [5.74, 6) is 1.77. The molecule has 3 aromatic rings. The first kappa shape index (κ1) is 14.5. The van der Waals surface area contributed by atoms with E-state index in [1.807, 2.05) is 12.1 Å². The first-order chi connectivity index (χ1) is 11.3. The molecule has 7 heteroatoms. The summed E-state index contributed by atoms with van der Waals surface area (Å²) in [4.78, 5) is 7.67. The van der Waals surface area contributed by atoms with Gasteiger partial charge in [-0.25, -0.2) is 4.98 Å². The Morgan fingerprint density at radius 1 is 1.26 bits per heavy atom. The third-order valence-electron chi connectivity index (χ3n) is 3.06. The van der Waals surface area contributed by atoms with E-state index in [1.165, 1.54) is 0 Å². The lowest BCUT2D eigenvalue weighted by atomic mass is 10.2. The van der Waals surface area contributed by atoms with Crippen LogP contribution in [0.2, 0.25) is 0 Å². The van der Waals surface area contributed by atoms with Crippen molar-refractivity contribution in [1.29, 1.82) is 5.26 Å². The second-order valence-electron chi connectivity index (χ2n) is 4.58. The minimum Gasteiger partial charge on any atom is -0.489 e. The molecule has 0 aliphatic heterocycles. The summed E-state index contributed by atoms with van der Waals surface area (Å²) in [5.41, 5.74) is 2.27.